The molecule has 2 rings (SSSR count). The fraction of sp³-hybridized carbons (Fsp3) is 0.421. The van der Waals surface area contributed by atoms with Gasteiger partial charge in [0.25, 0.3) is 0 Å². The summed E-state index contributed by atoms with van der Waals surface area (Å²) in [5, 5.41) is 0. The summed E-state index contributed by atoms with van der Waals surface area (Å²) in [6, 6.07) is 14.0. The molecule has 2 aromatic rings. The van der Waals surface area contributed by atoms with Crippen LogP contribution < -0.4 is 0 Å². The molecule has 0 saturated heterocycles. The second-order valence-corrected chi connectivity index (χ2v) is 5.56. The summed E-state index contributed by atoms with van der Waals surface area (Å²) in [4.78, 5) is 14.7. The van der Waals surface area contributed by atoms with Crippen molar-refractivity contribution in [3.8, 4) is 0 Å². The summed E-state index contributed by atoms with van der Waals surface area (Å²) in [5.41, 5.74) is 1.12. The van der Waals surface area contributed by atoms with Crippen LogP contribution in [0.25, 0.3) is 0 Å². The molecule has 1 amide bonds. The van der Waals surface area contributed by atoms with Crippen LogP contribution in [0.5, 0.6) is 0 Å². The van der Waals surface area contributed by atoms with Crippen molar-refractivity contribution in [1.29, 1.82) is 0 Å². The summed E-state index contributed by atoms with van der Waals surface area (Å²) in [6.45, 7) is 5.87. The third kappa shape index (κ3) is 4.23. The number of hydrogen-bond acceptors (Lipinski definition) is 2. The summed E-state index contributed by atoms with van der Waals surface area (Å²) in [7, 11) is 0. The average molecular weight is 299 g/mol. The summed E-state index contributed by atoms with van der Waals surface area (Å²) >= 11 is 0. The maximum absolute atomic E-state index is 12.7. The normalized spacial score (nSPS) is 12.1. The van der Waals surface area contributed by atoms with Gasteiger partial charge in [0.15, 0.2) is 0 Å². The summed E-state index contributed by atoms with van der Waals surface area (Å²) in [6.07, 6.45) is 4.11. The van der Waals surface area contributed by atoms with Crippen LogP contribution >= 0.6 is 0 Å². The first kappa shape index (κ1) is 16.3. The van der Waals surface area contributed by atoms with Crippen molar-refractivity contribution in [1.82, 2.24) is 4.90 Å². The van der Waals surface area contributed by atoms with Crippen molar-refractivity contribution in [2.45, 2.75) is 39.0 Å². The van der Waals surface area contributed by atoms with E-state index in [1.54, 1.807) is 6.26 Å². The molecule has 1 atom stereocenters. The van der Waals surface area contributed by atoms with Gasteiger partial charge in [-0.1, -0.05) is 44.2 Å². The number of rotatable bonds is 8. The predicted octanol–water partition coefficient (Wildman–Crippen LogP) is 4.45. The number of nitrogens with zero attached hydrogens (tertiary/aromatic N) is 1. The van der Waals surface area contributed by atoms with E-state index in [2.05, 4.69) is 26.0 Å². The molecule has 22 heavy (non-hydrogen) atoms. The van der Waals surface area contributed by atoms with Crippen LogP contribution in [0.3, 0.4) is 0 Å². The molecular weight excluding hydrogens is 274 g/mol. The topological polar surface area (TPSA) is 33.5 Å². The van der Waals surface area contributed by atoms with E-state index in [9.17, 15) is 4.79 Å². The fourth-order valence-electron chi connectivity index (χ4n) is 2.76. The van der Waals surface area contributed by atoms with E-state index in [0.29, 0.717) is 6.42 Å². The zero-order valence-electron chi connectivity index (χ0n) is 13.5. The monoisotopic (exact) mass is 299 g/mol. The smallest absolute Gasteiger partial charge is 0.223 e. The lowest BCUT2D eigenvalue weighted by Gasteiger charge is -2.24. The molecular formula is C19H25NO2. The molecule has 0 unspecified atom stereocenters. The molecule has 0 bridgehead atoms. The number of carbonyl (C=O) groups excluding carboxylic acids is 1. The van der Waals surface area contributed by atoms with E-state index in [1.807, 2.05) is 35.2 Å². The van der Waals surface area contributed by atoms with Gasteiger partial charge in [-0.25, -0.2) is 0 Å². The van der Waals surface area contributed by atoms with Gasteiger partial charge in [0.1, 0.15) is 5.76 Å². The Morgan fingerprint density at radius 3 is 2.27 bits per heavy atom. The highest BCUT2D eigenvalue weighted by atomic mass is 16.3. The van der Waals surface area contributed by atoms with Gasteiger partial charge in [0.05, 0.1) is 12.2 Å². The molecule has 0 saturated carbocycles. The Hall–Kier alpha value is -2.03. The number of carbonyl (C=O) groups is 1. The quantitative estimate of drug-likeness (QED) is 0.721. The third-order valence-corrected chi connectivity index (χ3v) is 3.81. The van der Waals surface area contributed by atoms with E-state index in [4.69, 9.17) is 4.42 Å². The lowest BCUT2D eigenvalue weighted by atomic mass is 9.92. The zero-order valence-corrected chi connectivity index (χ0v) is 13.5. The largest absolute Gasteiger partial charge is 0.469 e. The van der Waals surface area contributed by atoms with Gasteiger partial charge in [-0.2, -0.15) is 0 Å². The highest BCUT2D eigenvalue weighted by Crippen LogP contribution is 2.29. The maximum atomic E-state index is 12.7. The van der Waals surface area contributed by atoms with Gasteiger partial charge in [-0.05, 0) is 30.5 Å². The van der Waals surface area contributed by atoms with Crippen molar-refractivity contribution in [2.24, 2.45) is 0 Å². The Bertz CT molecular complexity index is 542. The SMILES string of the molecule is CCCN(CCC)C(=O)C[C@H](c1ccccc1)c1ccco1. The molecule has 3 nitrogen and oxygen atoms in total. The number of benzene rings is 1. The van der Waals surface area contributed by atoms with Crippen LogP contribution in [0.2, 0.25) is 0 Å². The summed E-state index contributed by atoms with van der Waals surface area (Å²) < 4.78 is 5.58. The first-order chi connectivity index (χ1) is 10.8. The van der Waals surface area contributed by atoms with Crippen molar-refractivity contribution in [2.75, 3.05) is 13.1 Å². The molecule has 1 aromatic carbocycles. The molecule has 0 fully saturated rings. The van der Waals surface area contributed by atoms with Crippen molar-refractivity contribution >= 4 is 5.91 Å². The van der Waals surface area contributed by atoms with Gasteiger partial charge < -0.3 is 9.32 Å². The van der Waals surface area contributed by atoms with E-state index < -0.39 is 0 Å². The van der Waals surface area contributed by atoms with Crippen LogP contribution in [-0.4, -0.2) is 23.9 Å². The molecule has 1 heterocycles. The molecule has 0 aliphatic heterocycles. The zero-order chi connectivity index (χ0) is 15.8. The fourth-order valence-corrected chi connectivity index (χ4v) is 2.76. The predicted molar refractivity (Wildman–Crippen MR) is 88.8 cm³/mol. The van der Waals surface area contributed by atoms with Crippen molar-refractivity contribution < 1.29 is 9.21 Å². The maximum Gasteiger partial charge on any atom is 0.223 e. The lowest BCUT2D eigenvalue weighted by molar-refractivity contribution is -0.131. The highest BCUT2D eigenvalue weighted by Gasteiger charge is 2.23. The van der Waals surface area contributed by atoms with E-state index in [1.165, 1.54) is 0 Å². The lowest BCUT2D eigenvalue weighted by Crippen LogP contribution is -2.33. The third-order valence-electron chi connectivity index (χ3n) is 3.81. The van der Waals surface area contributed by atoms with Gasteiger partial charge in [-0.3, -0.25) is 4.79 Å². The Labute approximate surface area is 132 Å². The minimum atomic E-state index is -0.0140. The molecule has 0 aliphatic rings. The molecule has 118 valence electrons. The van der Waals surface area contributed by atoms with E-state index >= 15 is 0 Å². The highest BCUT2D eigenvalue weighted by molar-refractivity contribution is 5.77. The number of hydrogen-bond donors (Lipinski definition) is 0. The standard InChI is InChI=1S/C19H25NO2/c1-3-12-20(13-4-2)19(21)15-17(18-11-8-14-22-18)16-9-6-5-7-10-16/h5-11,14,17H,3-4,12-13,15H2,1-2H3/t17-/m1/s1. The van der Waals surface area contributed by atoms with Gasteiger partial charge in [-0.15, -0.1) is 0 Å². The van der Waals surface area contributed by atoms with Crippen LogP contribution in [0.15, 0.2) is 53.1 Å². The first-order valence-electron chi connectivity index (χ1n) is 8.12. The molecule has 0 N–H and O–H groups in total. The molecule has 0 spiro atoms. The number of amides is 1. The van der Waals surface area contributed by atoms with Crippen LogP contribution in [0, 0.1) is 0 Å². The Kier molecular flexibility index (Phi) is 6.26. The molecule has 0 aliphatic carbocycles. The first-order valence-corrected chi connectivity index (χ1v) is 8.12. The second-order valence-electron chi connectivity index (χ2n) is 5.56. The number of furan rings is 1. The van der Waals surface area contributed by atoms with Gasteiger partial charge in [0, 0.05) is 19.5 Å². The Morgan fingerprint density at radius 1 is 1.05 bits per heavy atom. The van der Waals surface area contributed by atoms with E-state index in [-0.39, 0.29) is 11.8 Å². The second kappa shape index (κ2) is 8.42. The van der Waals surface area contributed by atoms with Gasteiger partial charge >= 0.3 is 0 Å². The van der Waals surface area contributed by atoms with Gasteiger partial charge in [0.2, 0.25) is 5.91 Å². The van der Waals surface area contributed by atoms with Crippen LogP contribution in [-0.2, 0) is 4.79 Å². The molecule has 1 aromatic heterocycles. The van der Waals surface area contributed by atoms with Crippen LogP contribution in [0.1, 0.15) is 50.4 Å². The Balaban J connectivity index is 2.18. The van der Waals surface area contributed by atoms with Crippen LogP contribution in [0.4, 0.5) is 0 Å². The van der Waals surface area contributed by atoms with Crippen molar-refractivity contribution in [3.63, 3.8) is 0 Å². The molecule has 0 radical (unpaired) electrons. The summed E-state index contributed by atoms with van der Waals surface area (Å²) in [5.74, 6) is 1.04. The van der Waals surface area contributed by atoms with Crippen molar-refractivity contribution in [3.05, 3.63) is 60.1 Å². The average Bonchev–Trinajstić information content (AvgIpc) is 3.07. The minimum Gasteiger partial charge on any atom is -0.469 e. The molecule has 3 heteroatoms. The van der Waals surface area contributed by atoms with E-state index in [0.717, 1.165) is 37.3 Å². The Morgan fingerprint density at radius 2 is 1.73 bits per heavy atom. The minimum absolute atomic E-state index is 0.0140.